The molecule has 6 heteroatoms. The molecular weight excluding hydrogens is 266 g/mol. The molecule has 0 fully saturated rings. The number of carbonyl (C=O) groups excluding carboxylic acids is 1. The lowest BCUT2D eigenvalue weighted by molar-refractivity contribution is 0.0511. The summed E-state index contributed by atoms with van der Waals surface area (Å²) in [5.74, 6) is -0.605. The minimum absolute atomic E-state index is 0.219. The lowest BCUT2D eigenvalue weighted by atomic mass is 10.2. The summed E-state index contributed by atoms with van der Waals surface area (Å²) in [6.07, 6.45) is 1.38. The summed E-state index contributed by atoms with van der Waals surface area (Å²) in [6.45, 7) is 1.84. The Morgan fingerprint density at radius 2 is 2.21 bits per heavy atom. The minimum Gasteiger partial charge on any atom is -0.311 e. The molecular formula is C13H12ClN3O2. The van der Waals surface area contributed by atoms with Crippen molar-refractivity contribution in [2.45, 2.75) is 6.92 Å². The average molecular weight is 278 g/mol. The van der Waals surface area contributed by atoms with Crippen molar-refractivity contribution in [1.29, 1.82) is 0 Å². The maximum Gasteiger partial charge on any atom is 0.385 e. The molecule has 0 unspecified atom stereocenters. The van der Waals surface area contributed by atoms with Gasteiger partial charge < -0.3 is 4.84 Å². The predicted octanol–water partition coefficient (Wildman–Crippen LogP) is 2.57. The van der Waals surface area contributed by atoms with Gasteiger partial charge in [-0.2, -0.15) is 5.10 Å². The van der Waals surface area contributed by atoms with E-state index in [1.54, 1.807) is 29.9 Å². The van der Waals surface area contributed by atoms with Gasteiger partial charge in [0.15, 0.2) is 5.69 Å². The second-order valence-electron chi connectivity index (χ2n) is 3.93. The highest BCUT2D eigenvalue weighted by Crippen LogP contribution is 2.12. The Kier molecular flexibility index (Phi) is 3.97. The maximum atomic E-state index is 11.6. The van der Waals surface area contributed by atoms with E-state index in [4.69, 9.17) is 16.4 Å². The summed E-state index contributed by atoms with van der Waals surface area (Å²) in [6, 6.07) is 8.75. The molecule has 0 aliphatic carbocycles. The molecule has 2 rings (SSSR count). The van der Waals surface area contributed by atoms with Crippen LogP contribution in [0, 0.1) is 6.92 Å². The van der Waals surface area contributed by atoms with E-state index in [-0.39, 0.29) is 5.69 Å². The Labute approximate surface area is 115 Å². The SMILES string of the molecule is Cc1cc(C(=O)O/N=C\c2ccccc2Cl)nn1C. The van der Waals surface area contributed by atoms with Crippen LogP contribution < -0.4 is 0 Å². The van der Waals surface area contributed by atoms with Crippen LogP contribution >= 0.6 is 11.6 Å². The van der Waals surface area contributed by atoms with Crippen LogP contribution in [0.5, 0.6) is 0 Å². The standard InChI is InChI=1S/C13H12ClN3O2/c1-9-7-12(16-17(9)2)13(18)19-15-8-10-5-3-4-6-11(10)14/h3-8H,1-2H3/b15-8-. The van der Waals surface area contributed by atoms with Crippen molar-refractivity contribution >= 4 is 23.8 Å². The van der Waals surface area contributed by atoms with Crippen LogP contribution in [0.15, 0.2) is 35.5 Å². The summed E-state index contributed by atoms with van der Waals surface area (Å²) < 4.78 is 1.59. The predicted molar refractivity (Wildman–Crippen MR) is 72.4 cm³/mol. The molecule has 1 aromatic heterocycles. The molecule has 0 aliphatic rings. The monoisotopic (exact) mass is 277 g/mol. The first-order chi connectivity index (χ1) is 9.08. The van der Waals surface area contributed by atoms with Crippen molar-refractivity contribution in [1.82, 2.24) is 9.78 Å². The molecule has 5 nitrogen and oxygen atoms in total. The third-order valence-corrected chi connectivity index (χ3v) is 2.90. The highest BCUT2D eigenvalue weighted by molar-refractivity contribution is 6.33. The van der Waals surface area contributed by atoms with Gasteiger partial charge in [-0.25, -0.2) is 4.79 Å². The van der Waals surface area contributed by atoms with Crippen molar-refractivity contribution in [2.24, 2.45) is 12.2 Å². The Morgan fingerprint density at radius 1 is 1.47 bits per heavy atom. The molecule has 0 saturated carbocycles. The van der Waals surface area contributed by atoms with Crippen LogP contribution in [-0.2, 0) is 11.9 Å². The molecule has 0 saturated heterocycles. The number of nitrogens with zero attached hydrogens (tertiary/aromatic N) is 3. The van der Waals surface area contributed by atoms with Crippen molar-refractivity contribution in [3.8, 4) is 0 Å². The highest BCUT2D eigenvalue weighted by atomic mass is 35.5. The van der Waals surface area contributed by atoms with E-state index in [1.165, 1.54) is 6.21 Å². The molecule has 0 radical (unpaired) electrons. The molecule has 0 atom stereocenters. The van der Waals surface area contributed by atoms with Crippen LogP contribution in [0.2, 0.25) is 5.02 Å². The molecule has 1 heterocycles. The van der Waals surface area contributed by atoms with Gasteiger partial charge >= 0.3 is 5.97 Å². The van der Waals surface area contributed by atoms with Gasteiger partial charge in [0.05, 0.1) is 6.21 Å². The fourth-order valence-electron chi connectivity index (χ4n) is 1.42. The van der Waals surface area contributed by atoms with E-state index in [0.717, 1.165) is 5.69 Å². The smallest absolute Gasteiger partial charge is 0.311 e. The van der Waals surface area contributed by atoms with Gasteiger partial charge in [-0.15, -0.1) is 0 Å². The molecule has 0 aliphatic heterocycles. The zero-order chi connectivity index (χ0) is 13.8. The zero-order valence-corrected chi connectivity index (χ0v) is 11.3. The first-order valence-electron chi connectivity index (χ1n) is 5.58. The second-order valence-corrected chi connectivity index (χ2v) is 4.34. The van der Waals surface area contributed by atoms with E-state index in [1.807, 2.05) is 19.1 Å². The summed E-state index contributed by atoms with van der Waals surface area (Å²) in [5.41, 5.74) is 1.76. The van der Waals surface area contributed by atoms with Crippen LogP contribution in [0.1, 0.15) is 21.7 Å². The van der Waals surface area contributed by atoms with Crippen molar-refractivity contribution in [2.75, 3.05) is 0 Å². The van der Waals surface area contributed by atoms with E-state index in [9.17, 15) is 4.79 Å². The zero-order valence-electron chi connectivity index (χ0n) is 10.5. The number of carbonyl (C=O) groups is 1. The average Bonchev–Trinajstić information content (AvgIpc) is 2.72. The molecule has 1 aromatic carbocycles. The highest BCUT2D eigenvalue weighted by Gasteiger charge is 2.12. The summed E-state index contributed by atoms with van der Waals surface area (Å²) in [7, 11) is 1.75. The molecule has 0 spiro atoms. The largest absolute Gasteiger partial charge is 0.385 e. The lowest BCUT2D eigenvalue weighted by Gasteiger charge is -1.96. The number of hydrogen-bond acceptors (Lipinski definition) is 4. The van der Waals surface area contributed by atoms with E-state index < -0.39 is 5.97 Å². The van der Waals surface area contributed by atoms with E-state index in [2.05, 4.69) is 10.3 Å². The van der Waals surface area contributed by atoms with Crippen LogP contribution in [0.25, 0.3) is 0 Å². The van der Waals surface area contributed by atoms with Gasteiger partial charge in [0.25, 0.3) is 0 Å². The van der Waals surface area contributed by atoms with Crippen molar-refractivity contribution in [3.05, 3.63) is 52.3 Å². The minimum atomic E-state index is -0.605. The van der Waals surface area contributed by atoms with Gasteiger partial charge in [0.1, 0.15) is 0 Å². The van der Waals surface area contributed by atoms with Crippen LogP contribution in [0.4, 0.5) is 0 Å². The second kappa shape index (κ2) is 5.67. The van der Waals surface area contributed by atoms with Crippen molar-refractivity contribution in [3.63, 3.8) is 0 Å². The third-order valence-electron chi connectivity index (χ3n) is 2.56. The van der Waals surface area contributed by atoms with Crippen LogP contribution in [0.3, 0.4) is 0 Å². The molecule has 0 bridgehead atoms. The Morgan fingerprint density at radius 3 is 2.84 bits per heavy atom. The number of rotatable bonds is 3. The number of aryl methyl sites for hydroxylation is 2. The van der Waals surface area contributed by atoms with Gasteiger partial charge in [-0.1, -0.05) is 35.0 Å². The summed E-state index contributed by atoms with van der Waals surface area (Å²) in [5, 5.41) is 8.14. The van der Waals surface area contributed by atoms with Gasteiger partial charge in [0, 0.05) is 23.3 Å². The Bertz CT molecular complexity index is 615. The summed E-state index contributed by atoms with van der Waals surface area (Å²) >= 11 is 5.93. The molecule has 0 amide bonds. The van der Waals surface area contributed by atoms with Gasteiger partial charge in [-0.05, 0) is 19.1 Å². The van der Waals surface area contributed by atoms with Crippen molar-refractivity contribution < 1.29 is 9.63 Å². The van der Waals surface area contributed by atoms with E-state index >= 15 is 0 Å². The maximum absolute atomic E-state index is 11.6. The number of aromatic nitrogens is 2. The Balaban J connectivity index is 2.03. The normalized spacial score (nSPS) is 10.9. The number of hydrogen-bond donors (Lipinski definition) is 0. The Hall–Kier alpha value is -2.14. The number of halogens is 1. The quantitative estimate of drug-likeness (QED) is 0.492. The topological polar surface area (TPSA) is 56.5 Å². The molecule has 2 aromatic rings. The summed E-state index contributed by atoms with van der Waals surface area (Å²) in [4.78, 5) is 16.4. The molecule has 19 heavy (non-hydrogen) atoms. The fourth-order valence-corrected chi connectivity index (χ4v) is 1.60. The molecule has 98 valence electrons. The number of benzene rings is 1. The van der Waals surface area contributed by atoms with Gasteiger partial charge in [-0.3, -0.25) is 4.68 Å². The number of oxime groups is 1. The lowest BCUT2D eigenvalue weighted by Crippen LogP contribution is -2.03. The first kappa shape index (κ1) is 13.3. The van der Waals surface area contributed by atoms with Gasteiger partial charge in [0.2, 0.25) is 0 Å². The van der Waals surface area contributed by atoms with Crippen LogP contribution in [-0.4, -0.2) is 22.0 Å². The third kappa shape index (κ3) is 3.20. The fraction of sp³-hybridized carbons (Fsp3) is 0.154. The van der Waals surface area contributed by atoms with E-state index in [0.29, 0.717) is 10.6 Å². The first-order valence-corrected chi connectivity index (χ1v) is 5.95. The molecule has 0 N–H and O–H groups in total.